The average molecular weight is 559 g/mol. The second-order valence-electron chi connectivity index (χ2n) is 11.4. The summed E-state index contributed by atoms with van der Waals surface area (Å²) in [5.74, 6) is 1.14. The molecule has 42 heavy (non-hydrogen) atoms. The van der Waals surface area contributed by atoms with E-state index in [-0.39, 0.29) is 23.9 Å². The lowest BCUT2D eigenvalue weighted by atomic mass is 9.94. The van der Waals surface area contributed by atoms with E-state index in [9.17, 15) is 14.9 Å². The topological polar surface area (TPSA) is 102 Å². The maximum Gasteiger partial charge on any atom is 0.257 e. The number of benzene rings is 2. The molecule has 8 heteroatoms. The zero-order valence-corrected chi connectivity index (χ0v) is 24.2. The van der Waals surface area contributed by atoms with Crippen molar-refractivity contribution in [2.45, 2.75) is 58.0 Å². The molecule has 1 saturated heterocycles. The van der Waals surface area contributed by atoms with E-state index in [1.165, 1.54) is 0 Å². The molecule has 1 aliphatic heterocycles. The van der Waals surface area contributed by atoms with E-state index in [0.29, 0.717) is 42.2 Å². The molecule has 3 heterocycles. The third-order valence-electron chi connectivity index (χ3n) is 8.33. The number of fused-ring (bicyclic) bond motifs is 1. The smallest absolute Gasteiger partial charge is 0.257 e. The monoisotopic (exact) mass is 558 g/mol. The number of para-hydroxylation sites is 1. The molecule has 2 fully saturated rings. The second kappa shape index (κ2) is 11.2. The van der Waals surface area contributed by atoms with Crippen LogP contribution in [-0.4, -0.2) is 51.9 Å². The molecule has 0 bridgehead atoms. The Morgan fingerprint density at radius 3 is 2.33 bits per heavy atom. The van der Waals surface area contributed by atoms with Gasteiger partial charge in [0.25, 0.3) is 5.91 Å². The van der Waals surface area contributed by atoms with Gasteiger partial charge in [-0.1, -0.05) is 37.3 Å². The second-order valence-corrected chi connectivity index (χ2v) is 11.4. The number of nitrogens with one attached hydrogen (secondary N) is 1. The molecule has 1 saturated carbocycles. The zero-order chi connectivity index (χ0) is 29.4. The Labute approximate surface area is 246 Å². The number of nitrogens with zero attached hydrogens (tertiary/aromatic N) is 5. The normalized spacial score (nSPS) is 18.5. The predicted octanol–water partition coefficient (Wildman–Crippen LogP) is 6.13. The molecule has 2 amide bonds. The first-order chi connectivity index (χ1) is 20.4. The first kappa shape index (κ1) is 27.4. The number of hydrogen-bond acceptors (Lipinski definition) is 6. The summed E-state index contributed by atoms with van der Waals surface area (Å²) < 4.78 is 0. The first-order valence-corrected chi connectivity index (χ1v) is 14.6. The van der Waals surface area contributed by atoms with Gasteiger partial charge in [-0.2, -0.15) is 5.26 Å². The van der Waals surface area contributed by atoms with Gasteiger partial charge in [0.15, 0.2) is 0 Å². The van der Waals surface area contributed by atoms with Crippen LogP contribution in [-0.2, 0) is 4.79 Å². The third-order valence-corrected chi connectivity index (χ3v) is 8.33. The minimum absolute atomic E-state index is 0.0982. The Morgan fingerprint density at radius 2 is 1.71 bits per heavy atom. The molecule has 2 aromatic heterocycles. The maximum absolute atomic E-state index is 13.6. The SMILES string of the molecule is CCC(=O)N1C(C)CN(c2ccc(NC(=O)c3cnc4c(-c5ccc(C#N)cc5)cccc4c3C3CC3)cn2)CC1C. The molecule has 1 N–H and O–H groups in total. The Kier molecular flexibility index (Phi) is 7.34. The Hall–Kier alpha value is -4.77. The summed E-state index contributed by atoms with van der Waals surface area (Å²) in [5.41, 5.74) is 5.69. The van der Waals surface area contributed by atoms with Gasteiger partial charge in [-0.15, -0.1) is 0 Å². The van der Waals surface area contributed by atoms with E-state index in [0.717, 1.165) is 46.3 Å². The summed E-state index contributed by atoms with van der Waals surface area (Å²) in [4.78, 5) is 39.6. The van der Waals surface area contributed by atoms with E-state index < -0.39 is 0 Å². The number of pyridine rings is 2. The Balaban J connectivity index is 1.23. The van der Waals surface area contributed by atoms with Gasteiger partial charge in [0.05, 0.1) is 34.6 Å². The number of carbonyl (C=O) groups is 2. The number of nitriles is 1. The number of piperazine rings is 1. The van der Waals surface area contributed by atoms with E-state index >= 15 is 0 Å². The molecule has 212 valence electrons. The highest BCUT2D eigenvalue weighted by Crippen LogP contribution is 2.45. The summed E-state index contributed by atoms with van der Waals surface area (Å²) in [6.07, 6.45) is 5.99. The number of amides is 2. The van der Waals surface area contributed by atoms with Crippen LogP contribution >= 0.6 is 0 Å². The highest BCUT2D eigenvalue weighted by Gasteiger charge is 2.33. The van der Waals surface area contributed by atoms with Crippen LogP contribution in [0.4, 0.5) is 11.5 Å². The number of anilines is 2. The Morgan fingerprint density at radius 1 is 0.976 bits per heavy atom. The van der Waals surface area contributed by atoms with E-state index in [4.69, 9.17) is 4.98 Å². The van der Waals surface area contributed by atoms with Crippen molar-refractivity contribution >= 4 is 34.2 Å². The van der Waals surface area contributed by atoms with Gasteiger partial charge in [0.2, 0.25) is 5.91 Å². The van der Waals surface area contributed by atoms with E-state index in [1.807, 2.05) is 66.4 Å². The third kappa shape index (κ3) is 5.18. The van der Waals surface area contributed by atoms with Crippen LogP contribution in [0.5, 0.6) is 0 Å². The number of hydrogen-bond donors (Lipinski definition) is 1. The van der Waals surface area contributed by atoms with Gasteiger partial charge in [-0.05, 0) is 68.0 Å². The lowest BCUT2D eigenvalue weighted by Gasteiger charge is -2.45. The fourth-order valence-corrected chi connectivity index (χ4v) is 6.22. The Bertz CT molecular complexity index is 1680. The van der Waals surface area contributed by atoms with E-state index in [2.05, 4.69) is 35.1 Å². The molecular formula is C34H34N6O2. The quantitative estimate of drug-likeness (QED) is 0.305. The molecule has 4 aromatic rings. The van der Waals surface area contributed by atoms with Gasteiger partial charge >= 0.3 is 0 Å². The fourth-order valence-electron chi connectivity index (χ4n) is 6.22. The lowest BCUT2D eigenvalue weighted by Crippen LogP contribution is -2.58. The highest BCUT2D eigenvalue weighted by molar-refractivity contribution is 6.09. The highest BCUT2D eigenvalue weighted by atomic mass is 16.2. The molecule has 2 aromatic carbocycles. The van der Waals surface area contributed by atoms with Crippen molar-refractivity contribution in [3.63, 3.8) is 0 Å². The average Bonchev–Trinajstić information content (AvgIpc) is 3.85. The van der Waals surface area contributed by atoms with Gasteiger partial charge in [0, 0.05) is 48.7 Å². The minimum Gasteiger partial charge on any atom is -0.353 e. The lowest BCUT2D eigenvalue weighted by molar-refractivity contribution is -0.135. The fraction of sp³-hybridized carbons (Fsp3) is 0.324. The van der Waals surface area contributed by atoms with Crippen molar-refractivity contribution in [1.29, 1.82) is 5.26 Å². The van der Waals surface area contributed by atoms with Crippen molar-refractivity contribution in [2.24, 2.45) is 0 Å². The van der Waals surface area contributed by atoms with Crippen LogP contribution in [0.3, 0.4) is 0 Å². The van der Waals surface area contributed by atoms with Crippen LogP contribution in [0.2, 0.25) is 0 Å². The van der Waals surface area contributed by atoms with Crippen LogP contribution < -0.4 is 10.2 Å². The molecule has 8 nitrogen and oxygen atoms in total. The molecule has 1 aliphatic carbocycles. The largest absolute Gasteiger partial charge is 0.353 e. The van der Waals surface area contributed by atoms with Crippen molar-refractivity contribution in [1.82, 2.24) is 14.9 Å². The molecule has 0 radical (unpaired) electrons. The van der Waals surface area contributed by atoms with Crippen molar-refractivity contribution in [3.05, 3.63) is 83.7 Å². The van der Waals surface area contributed by atoms with Gasteiger partial charge < -0.3 is 15.1 Å². The number of aromatic nitrogens is 2. The standard InChI is InChI=1S/C34H34N6O2/c1-4-31(41)40-21(2)19-39(20-22(40)3)30-15-14-26(17-36-30)38-34(42)29-18-37-33-27(24-10-8-23(16-35)9-11-24)6-5-7-28(33)32(29)25-12-13-25/h5-11,14-15,17-18,21-22,25H,4,12-13,19-20H2,1-3H3,(H,38,42). The first-order valence-electron chi connectivity index (χ1n) is 14.6. The van der Waals surface area contributed by atoms with Gasteiger partial charge in [-0.3, -0.25) is 14.6 Å². The molecule has 2 aliphatic rings. The zero-order valence-electron chi connectivity index (χ0n) is 24.2. The summed E-state index contributed by atoms with van der Waals surface area (Å²) in [7, 11) is 0. The van der Waals surface area contributed by atoms with Gasteiger partial charge in [0.1, 0.15) is 5.82 Å². The molecule has 6 rings (SSSR count). The molecule has 0 spiro atoms. The summed E-state index contributed by atoms with van der Waals surface area (Å²) >= 11 is 0. The molecule has 2 atom stereocenters. The van der Waals surface area contributed by atoms with Crippen molar-refractivity contribution in [2.75, 3.05) is 23.3 Å². The molecule has 2 unspecified atom stereocenters. The van der Waals surface area contributed by atoms with Crippen molar-refractivity contribution in [3.8, 4) is 17.2 Å². The van der Waals surface area contributed by atoms with E-state index in [1.54, 1.807) is 12.4 Å². The van der Waals surface area contributed by atoms with Crippen LogP contribution in [0.25, 0.3) is 22.0 Å². The summed E-state index contributed by atoms with van der Waals surface area (Å²) in [6.45, 7) is 7.49. The van der Waals surface area contributed by atoms with Crippen molar-refractivity contribution < 1.29 is 9.59 Å². The van der Waals surface area contributed by atoms with Crippen LogP contribution in [0.15, 0.2) is 67.0 Å². The summed E-state index contributed by atoms with van der Waals surface area (Å²) in [6, 6.07) is 19.8. The number of carbonyl (C=O) groups excluding carboxylic acids is 2. The molecular weight excluding hydrogens is 524 g/mol. The summed E-state index contributed by atoms with van der Waals surface area (Å²) in [5, 5.41) is 13.2. The van der Waals surface area contributed by atoms with Crippen LogP contribution in [0, 0.1) is 11.3 Å². The minimum atomic E-state index is -0.196. The number of rotatable bonds is 6. The maximum atomic E-state index is 13.6. The predicted molar refractivity (Wildman–Crippen MR) is 164 cm³/mol. The van der Waals surface area contributed by atoms with Crippen LogP contribution in [0.1, 0.15) is 67.4 Å². The van der Waals surface area contributed by atoms with Gasteiger partial charge in [-0.25, -0.2) is 4.98 Å².